The van der Waals surface area contributed by atoms with Crippen molar-refractivity contribution in [1.82, 2.24) is 14.9 Å². The van der Waals surface area contributed by atoms with Gasteiger partial charge < -0.3 is 19.4 Å². The first-order valence-electron chi connectivity index (χ1n) is 19.5. The van der Waals surface area contributed by atoms with Gasteiger partial charge in [0.05, 0.1) is 19.4 Å². The molecule has 0 aliphatic rings. The van der Waals surface area contributed by atoms with Crippen LogP contribution in [0, 0.1) is 11.8 Å². The van der Waals surface area contributed by atoms with Crippen molar-refractivity contribution < 1.29 is 23.9 Å². The number of rotatable bonds is 33. The molecule has 1 N–H and O–H groups in total. The maximum atomic E-state index is 13.6. The van der Waals surface area contributed by atoms with E-state index in [2.05, 4.69) is 38.0 Å². The normalized spacial score (nSPS) is 12.0. The van der Waals surface area contributed by atoms with Crippen LogP contribution in [0.25, 0.3) is 0 Å². The average molecular weight is 694 g/mol. The Morgan fingerprint density at radius 2 is 1.40 bits per heavy atom. The number of nitrogens with one attached hydrogen (secondary N) is 1. The number of aryl methyl sites for hydroxylation is 1. The zero-order valence-electron chi connectivity index (χ0n) is 31.2. The molecule has 1 aromatic rings. The number of carbonyl (C=O) groups excluding carboxylic acids is 3. The van der Waals surface area contributed by atoms with Crippen molar-refractivity contribution in [2.45, 2.75) is 175 Å². The highest BCUT2D eigenvalue weighted by Crippen LogP contribution is 2.21. The van der Waals surface area contributed by atoms with Crippen LogP contribution >= 0.6 is 11.8 Å². The third kappa shape index (κ3) is 25.0. The van der Waals surface area contributed by atoms with Gasteiger partial charge in [0.25, 0.3) is 0 Å². The summed E-state index contributed by atoms with van der Waals surface area (Å²) in [6, 6.07) is 0. The summed E-state index contributed by atoms with van der Waals surface area (Å²) in [4.78, 5) is 43.2. The molecule has 8 nitrogen and oxygen atoms in total. The molecule has 48 heavy (non-hydrogen) atoms. The topological polar surface area (TPSA) is 99.5 Å². The summed E-state index contributed by atoms with van der Waals surface area (Å²) in [6.45, 7) is 10.6. The minimum absolute atomic E-state index is 0.140. The number of carbonyl (C=O) groups is 3. The number of thioether (sulfide) groups is 1. The molecule has 0 saturated carbocycles. The van der Waals surface area contributed by atoms with Gasteiger partial charge in [0.15, 0.2) is 0 Å². The van der Waals surface area contributed by atoms with Gasteiger partial charge in [0.1, 0.15) is 12.0 Å². The van der Waals surface area contributed by atoms with Gasteiger partial charge in [-0.1, -0.05) is 111 Å². The van der Waals surface area contributed by atoms with E-state index in [1.165, 1.54) is 64.2 Å². The summed E-state index contributed by atoms with van der Waals surface area (Å²) in [6.07, 6.45) is 27.2. The first kappa shape index (κ1) is 44.0. The van der Waals surface area contributed by atoms with Crippen LogP contribution in [-0.2, 0) is 30.4 Å². The number of ether oxygens (including phenoxy) is 2. The second kappa shape index (κ2) is 31.0. The fraction of sp³-hybridized carbons (Fsp3) is 0.846. The van der Waals surface area contributed by atoms with E-state index in [0.29, 0.717) is 43.4 Å². The SMILES string of the molecule is CCCCCCCCC(CCCCCCCC)OC(=O)C(CCSCCC(=O)OCCCCCC(C)C)C(=O)NCCCn1ccnc1. The third-order valence-corrected chi connectivity index (χ3v) is 9.80. The Bertz CT molecular complexity index is 895. The molecule has 0 aliphatic carbocycles. The number of unbranched alkanes of at least 4 members (excludes halogenated alkanes) is 12. The molecule has 0 fully saturated rings. The van der Waals surface area contributed by atoms with Crippen LogP contribution in [0.4, 0.5) is 0 Å². The quantitative estimate of drug-likeness (QED) is 0.0445. The number of aromatic nitrogens is 2. The van der Waals surface area contributed by atoms with Crippen LogP contribution in [0.15, 0.2) is 18.7 Å². The summed E-state index contributed by atoms with van der Waals surface area (Å²) in [5.74, 6) is 0.234. The summed E-state index contributed by atoms with van der Waals surface area (Å²) >= 11 is 1.59. The monoisotopic (exact) mass is 694 g/mol. The number of imidazole rings is 1. The molecule has 278 valence electrons. The van der Waals surface area contributed by atoms with Gasteiger partial charge in [0.2, 0.25) is 5.91 Å². The van der Waals surface area contributed by atoms with Crippen molar-refractivity contribution in [3.8, 4) is 0 Å². The zero-order chi connectivity index (χ0) is 35.1. The van der Waals surface area contributed by atoms with Crippen molar-refractivity contribution >= 4 is 29.6 Å². The van der Waals surface area contributed by atoms with Gasteiger partial charge >= 0.3 is 11.9 Å². The van der Waals surface area contributed by atoms with E-state index >= 15 is 0 Å². The lowest BCUT2D eigenvalue weighted by atomic mass is 10.0. The molecule has 0 aromatic carbocycles. The summed E-state index contributed by atoms with van der Waals surface area (Å²) in [7, 11) is 0. The molecule has 0 aliphatic heterocycles. The Morgan fingerprint density at radius 3 is 2.02 bits per heavy atom. The number of amides is 1. The van der Waals surface area contributed by atoms with Crippen molar-refractivity contribution in [3.63, 3.8) is 0 Å². The highest BCUT2D eigenvalue weighted by Gasteiger charge is 2.29. The summed E-state index contributed by atoms with van der Waals surface area (Å²) in [5.41, 5.74) is 0. The molecule has 0 saturated heterocycles. The van der Waals surface area contributed by atoms with Gasteiger partial charge in [-0.15, -0.1) is 0 Å². The van der Waals surface area contributed by atoms with E-state index in [0.717, 1.165) is 64.3 Å². The summed E-state index contributed by atoms with van der Waals surface area (Å²) in [5, 5.41) is 2.99. The van der Waals surface area contributed by atoms with Crippen molar-refractivity contribution in [3.05, 3.63) is 18.7 Å². The Morgan fingerprint density at radius 1 is 0.771 bits per heavy atom. The smallest absolute Gasteiger partial charge is 0.318 e. The Hall–Kier alpha value is -2.03. The summed E-state index contributed by atoms with van der Waals surface area (Å²) < 4.78 is 13.5. The van der Waals surface area contributed by atoms with Crippen LogP contribution in [-0.4, -0.2) is 58.2 Å². The third-order valence-electron chi connectivity index (χ3n) is 8.78. The first-order valence-corrected chi connectivity index (χ1v) is 20.7. The number of hydrogen-bond donors (Lipinski definition) is 1. The Balaban J connectivity index is 2.63. The van der Waals surface area contributed by atoms with Gasteiger partial charge in [-0.05, 0) is 56.6 Å². The van der Waals surface area contributed by atoms with E-state index in [1.54, 1.807) is 24.3 Å². The van der Waals surface area contributed by atoms with E-state index in [1.807, 2.05) is 10.8 Å². The van der Waals surface area contributed by atoms with Crippen LogP contribution in [0.5, 0.6) is 0 Å². The number of hydrogen-bond acceptors (Lipinski definition) is 7. The predicted molar refractivity (Wildman–Crippen MR) is 200 cm³/mol. The second-order valence-corrected chi connectivity index (χ2v) is 15.0. The molecule has 0 spiro atoms. The minimum Gasteiger partial charge on any atom is -0.466 e. The van der Waals surface area contributed by atoms with Crippen LogP contribution < -0.4 is 5.32 Å². The van der Waals surface area contributed by atoms with E-state index in [4.69, 9.17) is 9.47 Å². The average Bonchev–Trinajstić information content (AvgIpc) is 3.59. The lowest BCUT2D eigenvalue weighted by Crippen LogP contribution is -2.38. The van der Waals surface area contributed by atoms with Crippen LogP contribution in [0.3, 0.4) is 0 Å². The lowest BCUT2D eigenvalue weighted by molar-refractivity contribution is -0.158. The molecule has 1 atom stereocenters. The molecule has 1 aromatic heterocycles. The molecule has 1 unspecified atom stereocenters. The van der Waals surface area contributed by atoms with E-state index < -0.39 is 11.9 Å². The highest BCUT2D eigenvalue weighted by molar-refractivity contribution is 7.99. The van der Waals surface area contributed by atoms with E-state index in [-0.39, 0.29) is 18.0 Å². The van der Waals surface area contributed by atoms with Gasteiger partial charge in [0, 0.05) is 31.2 Å². The van der Waals surface area contributed by atoms with Crippen molar-refractivity contribution in [1.29, 1.82) is 0 Å². The molecule has 1 rings (SSSR count). The molecule has 1 heterocycles. The predicted octanol–water partition coefficient (Wildman–Crippen LogP) is 9.69. The number of esters is 2. The van der Waals surface area contributed by atoms with Crippen LogP contribution in [0.1, 0.15) is 163 Å². The fourth-order valence-corrected chi connectivity index (χ4v) is 6.65. The maximum absolute atomic E-state index is 13.6. The Kier molecular flexibility index (Phi) is 28.4. The first-order chi connectivity index (χ1) is 23.4. The van der Waals surface area contributed by atoms with Crippen LogP contribution in [0.2, 0.25) is 0 Å². The lowest BCUT2D eigenvalue weighted by Gasteiger charge is -2.22. The van der Waals surface area contributed by atoms with E-state index in [9.17, 15) is 14.4 Å². The van der Waals surface area contributed by atoms with Gasteiger partial charge in [-0.2, -0.15) is 11.8 Å². The molecule has 1 amide bonds. The number of nitrogens with zero attached hydrogens (tertiary/aromatic N) is 2. The molecule has 0 bridgehead atoms. The molecule has 0 radical (unpaired) electrons. The second-order valence-electron chi connectivity index (χ2n) is 13.8. The Labute approximate surface area is 298 Å². The standard InChI is InChI=1S/C39H71N3O5S/c1-5-7-9-11-13-17-22-35(23-18-14-12-10-8-6-2)47-39(45)36(38(44)41-26-20-28-42-29-27-40-33-42)24-31-48-32-25-37(43)46-30-19-15-16-21-34(3)4/h27,29,33-36H,5-26,28,30-32H2,1-4H3,(H,41,44). The zero-order valence-corrected chi connectivity index (χ0v) is 32.0. The molecular weight excluding hydrogens is 623 g/mol. The highest BCUT2D eigenvalue weighted by atomic mass is 32.2. The molecular formula is C39H71N3O5S. The van der Waals surface area contributed by atoms with Crippen molar-refractivity contribution in [2.75, 3.05) is 24.7 Å². The van der Waals surface area contributed by atoms with Gasteiger partial charge in [-0.25, -0.2) is 4.98 Å². The minimum atomic E-state index is -0.847. The van der Waals surface area contributed by atoms with Crippen molar-refractivity contribution in [2.24, 2.45) is 11.8 Å². The fourth-order valence-electron chi connectivity index (χ4n) is 5.73. The largest absolute Gasteiger partial charge is 0.466 e. The maximum Gasteiger partial charge on any atom is 0.318 e. The molecule has 9 heteroatoms. The van der Waals surface area contributed by atoms with Gasteiger partial charge in [-0.3, -0.25) is 14.4 Å².